The van der Waals surface area contributed by atoms with Crippen LogP contribution in [0.2, 0.25) is 0 Å². The SMILES string of the molecule is O=C(NCCNc1ccc([N+](=O)[O-])cn1)C1=C[C@H](c2ccc(F)cc2)C[C@H](OCCCCO)O1. The van der Waals surface area contributed by atoms with Crippen molar-refractivity contribution in [3.8, 4) is 0 Å². The van der Waals surface area contributed by atoms with Crippen LogP contribution in [0, 0.1) is 15.9 Å². The summed E-state index contributed by atoms with van der Waals surface area (Å²) in [5.74, 6) is -0.402. The molecule has 1 aliphatic heterocycles. The van der Waals surface area contributed by atoms with Crippen LogP contribution < -0.4 is 10.6 Å². The molecule has 182 valence electrons. The van der Waals surface area contributed by atoms with Crippen LogP contribution in [0.25, 0.3) is 0 Å². The van der Waals surface area contributed by atoms with Gasteiger partial charge in [-0.2, -0.15) is 0 Å². The Labute approximate surface area is 195 Å². The third kappa shape index (κ3) is 7.49. The van der Waals surface area contributed by atoms with Gasteiger partial charge < -0.3 is 25.2 Å². The quantitative estimate of drug-likeness (QED) is 0.243. The Kier molecular flexibility index (Phi) is 9.30. The van der Waals surface area contributed by atoms with Crippen molar-refractivity contribution >= 4 is 17.4 Å². The second-order valence-corrected chi connectivity index (χ2v) is 7.62. The Morgan fingerprint density at radius 2 is 2.03 bits per heavy atom. The Morgan fingerprint density at radius 3 is 2.71 bits per heavy atom. The number of carbonyl (C=O) groups excluding carboxylic acids is 1. The van der Waals surface area contributed by atoms with E-state index in [1.165, 1.54) is 24.3 Å². The fourth-order valence-corrected chi connectivity index (χ4v) is 3.34. The van der Waals surface area contributed by atoms with Crippen molar-refractivity contribution in [3.63, 3.8) is 0 Å². The predicted molar refractivity (Wildman–Crippen MR) is 121 cm³/mol. The van der Waals surface area contributed by atoms with E-state index < -0.39 is 17.1 Å². The molecule has 1 amide bonds. The number of aliphatic hydroxyl groups is 1. The standard InChI is InChI=1S/C23H27FN4O6/c24-18-5-3-16(4-6-18)17-13-20(34-22(14-17)33-12-2-1-11-29)23(30)26-10-9-25-21-8-7-19(15-27-21)28(31)32/h3-8,13,15,17,22,29H,1-2,9-12,14H2,(H,25,27)(H,26,30)/t17-,22+/m0/s1. The van der Waals surface area contributed by atoms with Crippen LogP contribution >= 0.6 is 0 Å². The van der Waals surface area contributed by atoms with E-state index in [4.69, 9.17) is 14.6 Å². The Morgan fingerprint density at radius 1 is 1.24 bits per heavy atom. The molecule has 1 aliphatic rings. The van der Waals surface area contributed by atoms with Crippen molar-refractivity contribution in [2.45, 2.75) is 31.5 Å². The number of unbranched alkanes of at least 4 members (excludes halogenated alkanes) is 1. The minimum atomic E-state index is -0.651. The highest BCUT2D eigenvalue weighted by molar-refractivity contribution is 5.91. The first-order chi connectivity index (χ1) is 16.5. The highest BCUT2D eigenvalue weighted by Crippen LogP contribution is 2.31. The maximum atomic E-state index is 13.3. The number of aromatic nitrogens is 1. The van der Waals surface area contributed by atoms with E-state index >= 15 is 0 Å². The third-order valence-electron chi connectivity index (χ3n) is 5.11. The van der Waals surface area contributed by atoms with E-state index in [0.717, 1.165) is 11.8 Å². The minimum absolute atomic E-state index is 0.0735. The van der Waals surface area contributed by atoms with Crippen LogP contribution in [-0.2, 0) is 14.3 Å². The van der Waals surface area contributed by atoms with Crippen LogP contribution in [0.15, 0.2) is 54.4 Å². The highest BCUT2D eigenvalue weighted by Gasteiger charge is 2.28. The number of anilines is 1. The molecule has 0 fully saturated rings. The van der Waals surface area contributed by atoms with Crippen LogP contribution in [0.1, 0.15) is 30.7 Å². The van der Waals surface area contributed by atoms with E-state index in [-0.39, 0.29) is 36.3 Å². The number of pyridine rings is 1. The lowest BCUT2D eigenvalue weighted by Gasteiger charge is -2.29. The maximum absolute atomic E-state index is 13.3. The Bertz CT molecular complexity index is 984. The van der Waals surface area contributed by atoms with Crippen molar-refractivity contribution < 1.29 is 28.7 Å². The van der Waals surface area contributed by atoms with E-state index in [0.29, 0.717) is 38.2 Å². The summed E-state index contributed by atoms with van der Waals surface area (Å²) in [6.07, 6.45) is 3.93. The molecule has 0 spiro atoms. The number of hydrogen-bond donors (Lipinski definition) is 3. The lowest BCUT2D eigenvalue weighted by atomic mass is 9.93. The van der Waals surface area contributed by atoms with E-state index in [1.54, 1.807) is 18.2 Å². The van der Waals surface area contributed by atoms with E-state index in [2.05, 4.69) is 15.6 Å². The molecular weight excluding hydrogens is 447 g/mol. The number of halogens is 1. The molecule has 11 heteroatoms. The number of nitrogens with one attached hydrogen (secondary N) is 2. The number of nitro groups is 1. The summed E-state index contributed by atoms with van der Waals surface area (Å²) in [5, 5.41) is 25.3. The molecule has 3 N–H and O–H groups in total. The molecule has 2 heterocycles. The number of carbonyl (C=O) groups is 1. The maximum Gasteiger partial charge on any atom is 0.287 e. The molecule has 2 aromatic rings. The minimum Gasteiger partial charge on any atom is -0.459 e. The zero-order chi connectivity index (χ0) is 24.3. The summed E-state index contributed by atoms with van der Waals surface area (Å²) < 4.78 is 24.8. The van der Waals surface area contributed by atoms with Gasteiger partial charge in [-0.3, -0.25) is 14.9 Å². The molecule has 34 heavy (non-hydrogen) atoms. The van der Waals surface area contributed by atoms with Gasteiger partial charge in [-0.1, -0.05) is 12.1 Å². The first-order valence-corrected chi connectivity index (χ1v) is 10.9. The van der Waals surface area contributed by atoms with Crippen LogP contribution in [0.3, 0.4) is 0 Å². The van der Waals surface area contributed by atoms with E-state index in [1.807, 2.05) is 0 Å². The molecular formula is C23H27FN4O6. The van der Waals surface area contributed by atoms with Gasteiger partial charge in [-0.15, -0.1) is 0 Å². The molecule has 2 atom stereocenters. The average Bonchev–Trinajstić information content (AvgIpc) is 2.85. The monoisotopic (exact) mass is 474 g/mol. The van der Waals surface area contributed by atoms with Crippen molar-refractivity contribution in [1.29, 1.82) is 0 Å². The van der Waals surface area contributed by atoms with Gasteiger partial charge in [0, 0.05) is 38.1 Å². The van der Waals surface area contributed by atoms with Crippen LogP contribution in [-0.4, -0.2) is 53.5 Å². The number of benzene rings is 1. The van der Waals surface area contributed by atoms with Gasteiger partial charge in [0.25, 0.3) is 11.6 Å². The predicted octanol–water partition coefficient (Wildman–Crippen LogP) is 2.86. The number of nitrogens with zero attached hydrogens (tertiary/aromatic N) is 2. The summed E-state index contributed by atoms with van der Waals surface area (Å²) in [6, 6.07) is 8.90. The topological polar surface area (TPSA) is 136 Å². The molecule has 0 bridgehead atoms. The molecule has 0 aliphatic carbocycles. The summed E-state index contributed by atoms with van der Waals surface area (Å²) in [7, 11) is 0. The largest absolute Gasteiger partial charge is 0.459 e. The van der Waals surface area contributed by atoms with Crippen LogP contribution in [0.5, 0.6) is 0 Å². The lowest BCUT2D eigenvalue weighted by molar-refractivity contribution is -0.385. The van der Waals surface area contributed by atoms with Crippen molar-refractivity contribution in [2.24, 2.45) is 0 Å². The van der Waals surface area contributed by atoms with Gasteiger partial charge in [-0.05, 0) is 42.7 Å². The molecule has 0 saturated heterocycles. The van der Waals surface area contributed by atoms with Gasteiger partial charge in [-0.25, -0.2) is 9.37 Å². The summed E-state index contributed by atoms with van der Waals surface area (Å²) in [6.45, 7) is 1.04. The lowest BCUT2D eigenvalue weighted by Crippen LogP contribution is -2.35. The van der Waals surface area contributed by atoms with Crippen molar-refractivity contribution in [2.75, 3.05) is 31.6 Å². The first kappa shape index (κ1) is 25.1. The molecule has 0 unspecified atom stereocenters. The first-order valence-electron chi connectivity index (χ1n) is 10.9. The van der Waals surface area contributed by atoms with Crippen LogP contribution in [0.4, 0.5) is 15.9 Å². The van der Waals surface area contributed by atoms with Gasteiger partial charge in [0.1, 0.15) is 17.8 Å². The smallest absolute Gasteiger partial charge is 0.287 e. The molecule has 0 radical (unpaired) electrons. The highest BCUT2D eigenvalue weighted by atomic mass is 19.1. The zero-order valence-corrected chi connectivity index (χ0v) is 18.5. The van der Waals surface area contributed by atoms with Crippen molar-refractivity contribution in [1.82, 2.24) is 10.3 Å². The van der Waals surface area contributed by atoms with Gasteiger partial charge in [0.2, 0.25) is 6.29 Å². The second kappa shape index (κ2) is 12.6. The Balaban J connectivity index is 1.56. The van der Waals surface area contributed by atoms with Gasteiger partial charge in [0.15, 0.2) is 5.76 Å². The number of rotatable bonds is 12. The molecule has 10 nitrogen and oxygen atoms in total. The summed E-state index contributed by atoms with van der Waals surface area (Å²) in [5.41, 5.74) is 0.731. The normalized spacial score (nSPS) is 17.4. The number of aliphatic hydroxyl groups excluding tert-OH is 1. The molecule has 3 rings (SSSR count). The number of amides is 1. The van der Waals surface area contributed by atoms with Gasteiger partial charge >= 0.3 is 0 Å². The number of hydrogen-bond acceptors (Lipinski definition) is 8. The fraction of sp³-hybridized carbons (Fsp3) is 0.391. The summed E-state index contributed by atoms with van der Waals surface area (Å²) in [4.78, 5) is 26.8. The van der Waals surface area contributed by atoms with Gasteiger partial charge in [0.05, 0.1) is 11.5 Å². The number of allylic oxidation sites excluding steroid dienone is 1. The fourth-order valence-electron chi connectivity index (χ4n) is 3.34. The number of ether oxygens (including phenoxy) is 2. The van der Waals surface area contributed by atoms with Crippen molar-refractivity contribution in [3.05, 3.63) is 75.9 Å². The zero-order valence-electron chi connectivity index (χ0n) is 18.5. The Hall–Kier alpha value is -3.57. The average molecular weight is 474 g/mol. The molecule has 0 saturated carbocycles. The summed E-state index contributed by atoms with van der Waals surface area (Å²) >= 11 is 0. The van der Waals surface area contributed by atoms with E-state index in [9.17, 15) is 19.3 Å². The molecule has 1 aromatic carbocycles. The second-order valence-electron chi connectivity index (χ2n) is 7.62. The molecule has 1 aromatic heterocycles. The third-order valence-corrected chi connectivity index (χ3v) is 5.11.